The van der Waals surface area contributed by atoms with E-state index in [1.54, 1.807) is 23.2 Å². The quantitative estimate of drug-likeness (QED) is 0.691. The van der Waals surface area contributed by atoms with Crippen LogP contribution in [0.4, 0.5) is 0 Å². The third kappa shape index (κ3) is 3.99. The van der Waals surface area contributed by atoms with Crippen molar-refractivity contribution in [2.75, 3.05) is 27.3 Å². The number of hydrogen-bond acceptors (Lipinski definition) is 7. The number of rotatable bonds is 5. The first-order valence-electron chi connectivity index (χ1n) is 9.67. The summed E-state index contributed by atoms with van der Waals surface area (Å²) < 4.78 is 16.3. The summed E-state index contributed by atoms with van der Waals surface area (Å²) in [5.74, 6) is 0.941. The van der Waals surface area contributed by atoms with Crippen molar-refractivity contribution < 1.29 is 24.1 Å². The lowest BCUT2D eigenvalue weighted by atomic mass is 10.0. The minimum Gasteiger partial charge on any atom is -0.488 e. The number of β-amino-alcohol motifs (C(OH)–C–C–N with tert-alkyl or cyclic N) is 1. The summed E-state index contributed by atoms with van der Waals surface area (Å²) in [6.45, 7) is 0.603. The number of methoxy groups -OCH3 is 2. The number of aliphatic hydroxyl groups is 1. The largest absolute Gasteiger partial charge is 0.488 e. The first kappa shape index (κ1) is 19.9. The zero-order valence-corrected chi connectivity index (χ0v) is 16.8. The standard InChI is InChI=1S/C22H23N3O5/c1-28-20-8-7-16(21(24-20)29-2)22(27)25-11-9-19(18(26)13-25)30-15-6-5-14-4-3-10-23-17(14)12-15/h3-8,10,12,18-19,26H,9,11,13H2,1-2H3/t18-,19-/m1/s1. The summed E-state index contributed by atoms with van der Waals surface area (Å²) in [6, 6.07) is 12.7. The van der Waals surface area contributed by atoms with Gasteiger partial charge in [-0.1, -0.05) is 6.07 Å². The van der Waals surface area contributed by atoms with Gasteiger partial charge in [0.15, 0.2) is 0 Å². The van der Waals surface area contributed by atoms with Gasteiger partial charge in [-0.25, -0.2) is 0 Å². The molecule has 3 aromatic rings. The Kier molecular flexibility index (Phi) is 5.67. The van der Waals surface area contributed by atoms with Crippen LogP contribution in [0.25, 0.3) is 10.9 Å². The van der Waals surface area contributed by atoms with Crippen LogP contribution in [0, 0.1) is 0 Å². The Labute approximate surface area is 174 Å². The summed E-state index contributed by atoms with van der Waals surface area (Å²) in [5.41, 5.74) is 1.15. The van der Waals surface area contributed by atoms with Gasteiger partial charge in [-0.05, 0) is 24.3 Å². The molecular weight excluding hydrogens is 386 g/mol. The molecule has 1 aliphatic heterocycles. The molecule has 0 spiro atoms. The number of aromatic nitrogens is 2. The van der Waals surface area contributed by atoms with Crippen LogP contribution in [0.1, 0.15) is 16.8 Å². The first-order valence-corrected chi connectivity index (χ1v) is 9.67. The van der Waals surface area contributed by atoms with Gasteiger partial charge in [-0.3, -0.25) is 9.78 Å². The molecule has 1 saturated heterocycles. The molecule has 1 fully saturated rings. The number of carbonyl (C=O) groups is 1. The Morgan fingerprint density at radius 3 is 2.80 bits per heavy atom. The van der Waals surface area contributed by atoms with Gasteiger partial charge in [0, 0.05) is 36.7 Å². The monoisotopic (exact) mass is 409 g/mol. The number of fused-ring (bicyclic) bond motifs is 1. The number of hydrogen-bond donors (Lipinski definition) is 1. The lowest BCUT2D eigenvalue weighted by Gasteiger charge is -2.36. The molecule has 0 radical (unpaired) electrons. The summed E-state index contributed by atoms with van der Waals surface area (Å²) in [4.78, 5) is 23.0. The fraction of sp³-hybridized carbons (Fsp3) is 0.318. The lowest BCUT2D eigenvalue weighted by Crippen LogP contribution is -2.51. The van der Waals surface area contributed by atoms with Crippen LogP contribution in [-0.4, -0.2) is 65.4 Å². The van der Waals surface area contributed by atoms with Crippen molar-refractivity contribution in [3.63, 3.8) is 0 Å². The highest BCUT2D eigenvalue weighted by atomic mass is 16.5. The van der Waals surface area contributed by atoms with Crippen LogP contribution in [0.3, 0.4) is 0 Å². The van der Waals surface area contributed by atoms with Crippen LogP contribution >= 0.6 is 0 Å². The fourth-order valence-corrected chi connectivity index (χ4v) is 3.55. The number of likely N-dealkylation sites (tertiary alicyclic amines) is 1. The highest BCUT2D eigenvalue weighted by Gasteiger charge is 2.33. The van der Waals surface area contributed by atoms with E-state index in [1.807, 2.05) is 30.3 Å². The van der Waals surface area contributed by atoms with E-state index in [4.69, 9.17) is 14.2 Å². The minimum absolute atomic E-state index is 0.157. The van der Waals surface area contributed by atoms with Gasteiger partial charge in [-0.15, -0.1) is 0 Å². The van der Waals surface area contributed by atoms with Gasteiger partial charge in [0.05, 0.1) is 26.3 Å². The number of pyridine rings is 2. The Hall–Kier alpha value is -3.39. The predicted octanol–water partition coefficient (Wildman–Crippen LogP) is 2.30. The molecule has 8 nitrogen and oxygen atoms in total. The summed E-state index contributed by atoms with van der Waals surface area (Å²) in [7, 11) is 2.95. The second-order valence-electron chi connectivity index (χ2n) is 7.03. The Morgan fingerprint density at radius 2 is 2.03 bits per heavy atom. The molecular formula is C22H23N3O5. The smallest absolute Gasteiger partial charge is 0.259 e. The molecule has 0 aliphatic carbocycles. The van der Waals surface area contributed by atoms with Crippen molar-refractivity contribution in [3.05, 3.63) is 54.2 Å². The molecule has 1 N–H and O–H groups in total. The van der Waals surface area contributed by atoms with Gasteiger partial charge >= 0.3 is 0 Å². The Morgan fingerprint density at radius 1 is 1.17 bits per heavy atom. The van der Waals surface area contributed by atoms with E-state index in [1.165, 1.54) is 14.2 Å². The number of aliphatic hydroxyl groups excluding tert-OH is 1. The molecule has 156 valence electrons. The third-order valence-corrected chi connectivity index (χ3v) is 5.14. The van der Waals surface area contributed by atoms with Gasteiger partial charge in [-0.2, -0.15) is 4.98 Å². The SMILES string of the molecule is COc1ccc(C(=O)N2CC[C@@H](Oc3ccc4cccnc4c3)[C@H](O)C2)c(OC)n1. The van der Waals surface area contributed by atoms with E-state index in [0.29, 0.717) is 30.2 Å². The normalized spacial score (nSPS) is 18.8. The summed E-state index contributed by atoms with van der Waals surface area (Å²) >= 11 is 0. The number of benzene rings is 1. The van der Waals surface area contributed by atoms with E-state index in [2.05, 4.69) is 9.97 Å². The molecule has 0 unspecified atom stereocenters. The number of nitrogens with zero attached hydrogens (tertiary/aromatic N) is 3. The van der Waals surface area contributed by atoms with Gasteiger partial charge < -0.3 is 24.2 Å². The first-order chi connectivity index (χ1) is 14.6. The number of amides is 1. The lowest BCUT2D eigenvalue weighted by molar-refractivity contribution is -0.0199. The van der Waals surface area contributed by atoms with Crippen LogP contribution in [0.15, 0.2) is 48.7 Å². The molecule has 1 aliphatic rings. The predicted molar refractivity (Wildman–Crippen MR) is 110 cm³/mol. The van der Waals surface area contributed by atoms with E-state index in [9.17, 15) is 9.90 Å². The topological polar surface area (TPSA) is 94.0 Å². The highest BCUT2D eigenvalue weighted by molar-refractivity contribution is 5.96. The Bertz CT molecular complexity index is 1060. The van der Waals surface area contributed by atoms with E-state index < -0.39 is 12.2 Å². The zero-order chi connectivity index (χ0) is 21.1. The van der Waals surface area contributed by atoms with Crippen molar-refractivity contribution in [2.24, 2.45) is 0 Å². The molecule has 4 rings (SSSR count). The van der Waals surface area contributed by atoms with Crippen molar-refractivity contribution in [2.45, 2.75) is 18.6 Å². The third-order valence-electron chi connectivity index (χ3n) is 5.14. The van der Waals surface area contributed by atoms with Crippen molar-refractivity contribution in [3.8, 4) is 17.5 Å². The summed E-state index contributed by atoms with van der Waals surface area (Å²) in [6.07, 6.45) is 0.998. The molecule has 3 heterocycles. The van der Waals surface area contributed by atoms with Crippen LogP contribution in [-0.2, 0) is 0 Å². The molecule has 0 saturated carbocycles. The maximum atomic E-state index is 12.9. The highest BCUT2D eigenvalue weighted by Crippen LogP contribution is 2.26. The van der Waals surface area contributed by atoms with Gasteiger partial charge in [0.1, 0.15) is 23.5 Å². The van der Waals surface area contributed by atoms with Crippen molar-refractivity contribution in [1.82, 2.24) is 14.9 Å². The van der Waals surface area contributed by atoms with Crippen molar-refractivity contribution >= 4 is 16.8 Å². The average Bonchev–Trinajstić information content (AvgIpc) is 2.79. The minimum atomic E-state index is -0.820. The van der Waals surface area contributed by atoms with Gasteiger partial charge in [0.2, 0.25) is 11.8 Å². The van der Waals surface area contributed by atoms with Crippen LogP contribution in [0.5, 0.6) is 17.5 Å². The molecule has 2 aromatic heterocycles. The molecule has 2 atom stereocenters. The van der Waals surface area contributed by atoms with Crippen LogP contribution < -0.4 is 14.2 Å². The molecule has 1 amide bonds. The molecule has 8 heteroatoms. The van der Waals surface area contributed by atoms with E-state index in [0.717, 1.165) is 10.9 Å². The maximum Gasteiger partial charge on any atom is 0.259 e. The summed E-state index contributed by atoms with van der Waals surface area (Å²) in [5, 5.41) is 11.6. The maximum absolute atomic E-state index is 12.9. The second-order valence-corrected chi connectivity index (χ2v) is 7.03. The zero-order valence-electron chi connectivity index (χ0n) is 16.8. The fourth-order valence-electron chi connectivity index (χ4n) is 3.55. The van der Waals surface area contributed by atoms with E-state index in [-0.39, 0.29) is 18.3 Å². The van der Waals surface area contributed by atoms with Gasteiger partial charge in [0.25, 0.3) is 5.91 Å². The average molecular weight is 409 g/mol. The second kappa shape index (κ2) is 8.54. The number of carbonyl (C=O) groups excluding carboxylic acids is 1. The molecule has 30 heavy (non-hydrogen) atoms. The molecule has 1 aromatic carbocycles. The van der Waals surface area contributed by atoms with Crippen molar-refractivity contribution in [1.29, 1.82) is 0 Å². The number of ether oxygens (including phenoxy) is 3. The molecule has 0 bridgehead atoms. The van der Waals surface area contributed by atoms with E-state index >= 15 is 0 Å². The number of piperidine rings is 1. The Balaban J connectivity index is 1.44. The van der Waals surface area contributed by atoms with Crippen LogP contribution in [0.2, 0.25) is 0 Å².